The Balaban J connectivity index is 1.95. The second-order valence-electron chi connectivity index (χ2n) is 5.35. The lowest BCUT2D eigenvalue weighted by Crippen LogP contribution is -2.20. The Morgan fingerprint density at radius 2 is 1.50 bits per heavy atom. The molecule has 0 aliphatic heterocycles. The summed E-state index contributed by atoms with van der Waals surface area (Å²) in [6.45, 7) is 0. The molecule has 0 saturated heterocycles. The minimum absolute atomic E-state index is 0.0768. The summed E-state index contributed by atoms with van der Waals surface area (Å²) in [4.78, 5) is 17.1. The fourth-order valence-electron chi connectivity index (χ4n) is 2.59. The molecule has 7 nitrogen and oxygen atoms in total. The van der Waals surface area contributed by atoms with Crippen molar-refractivity contribution >= 4 is 28.0 Å². The molecule has 0 aliphatic carbocycles. The van der Waals surface area contributed by atoms with Crippen LogP contribution in [0.15, 0.2) is 87.3 Å². The van der Waals surface area contributed by atoms with Crippen LogP contribution in [0.2, 0.25) is 0 Å². The van der Waals surface area contributed by atoms with E-state index in [1.165, 1.54) is 16.0 Å². The molecular weight excluding hydrogens is 348 g/mol. The third-order valence-electron chi connectivity index (χ3n) is 3.72. The smallest absolute Gasteiger partial charge is 0.301 e. The van der Waals surface area contributed by atoms with Crippen LogP contribution in [0.25, 0.3) is 11.4 Å². The molecule has 4 rings (SSSR count). The fraction of sp³-hybridized carbons (Fsp3) is 0. The highest BCUT2D eigenvalue weighted by Crippen LogP contribution is 2.27. The van der Waals surface area contributed by atoms with Crippen LogP contribution in [-0.2, 0) is 0 Å². The summed E-state index contributed by atoms with van der Waals surface area (Å²) in [6, 6.07) is 18.7. The van der Waals surface area contributed by atoms with Gasteiger partial charge < -0.3 is 5.73 Å². The summed E-state index contributed by atoms with van der Waals surface area (Å²) in [5, 5.41) is 10.3. The first-order chi connectivity index (χ1) is 12.8. The highest BCUT2D eigenvalue weighted by Gasteiger charge is 2.20. The highest BCUT2D eigenvalue weighted by molar-refractivity contribution is 7.13. The van der Waals surface area contributed by atoms with Crippen molar-refractivity contribution < 1.29 is 0 Å². The number of thiazole rings is 1. The van der Waals surface area contributed by atoms with Crippen molar-refractivity contribution in [2.45, 2.75) is 0 Å². The van der Waals surface area contributed by atoms with Crippen LogP contribution in [-0.4, -0.2) is 14.3 Å². The summed E-state index contributed by atoms with van der Waals surface area (Å²) in [5.41, 5.74) is 7.45. The van der Waals surface area contributed by atoms with Crippen LogP contribution in [0.5, 0.6) is 0 Å². The van der Waals surface area contributed by atoms with Crippen LogP contribution in [0, 0.1) is 0 Å². The van der Waals surface area contributed by atoms with E-state index in [1.54, 1.807) is 16.3 Å². The molecule has 2 heterocycles. The van der Waals surface area contributed by atoms with Gasteiger partial charge in [-0.1, -0.05) is 36.4 Å². The van der Waals surface area contributed by atoms with Crippen molar-refractivity contribution in [3.8, 4) is 11.4 Å². The number of aromatic nitrogens is 3. The van der Waals surface area contributed by atoms with Gasteiger partial charge in [0.25, 0.3) is 0 Å². The van der Waals surface area contributed by atoms with Gasteiger partial charge in [-0.05, 0) is 24.3 Å². The first kappa shape index (κ1) is 16.0. The Hall–Kier alpha value is -3.52. The van der Waals surface area contributed by atoms with Gasteiger partial charge in [0.15, 0.2) is 11.5 Å². The molecule has 0 atom stereocenters. The van der Waals surface area contributed by atoms with E-state index in [2.05, 4.69) is 15.2 Å². The van der Waals surface area contributed by atoms with Crippen molar-refractivity contribution in [1.82, 2.24) is 14.3 Å². The fourth-order valence-corrected chi connectivity index (χ4v) is 3.04. The molecule has 0 spiro atoms. The van der Waals surface area contributed by atoms with Crippen molar-refractivity contribution in [3.63, 3.8) is 0 Å². The predicted octanol–water partition coefficient (Wildman–Crippen LogP) is 4.08. The zero-order valence-electron chi connectivity index (χ0n) is 13.6. The molecule has 0 bridgehead atoms. The van der Waals surface area contributed by atoms with Crippen LogP contribution in [0.1, 0.15) is 0 Å². The van der Waals surface area contributed by atoms with E-state index < -0.39 is 0 Å². The van der Waals surface area contributed by atoms with E-state index in [-0.39, 0.29) is 17.1 Å². The lowest BCUT2D eigenvalue weighted by Gasteiger charge is -2.12. The van der Waals surface area contributed by atoms with E-state index in [4.69, 9.17) is 5.73 Å². The molecule has 4 aromatic rings. The first-order valence-electron chi connectivity index (χ1n) is 7.81. The molecule has 2 aromatic heterocycles. The predicted molar refractivity (Wildman–Crippen MR) is 102 cm³/mol. The Bertz CT molecular complexity index is 1100. The first-order valence-corrected chi connectivity index (χ1v) is 8.69. The average molecular weight is 362 g/mol. The van der Waals surface area contributed by atoms with Crippen LogP contribution >= 0.6 is 11.3 Å². The van der Waals surface area contributed by atoms with Gasteiger partial charge >= 0.3 is 5.56 Å². The van der Waals surface area contributed by atoms with E-state index in [0.717, 1.165) is 5.69 Å². The topological polar surface area (TPSA) is 90.6 Å². The molecule has 0 saturated carbocycles. The largest absolute Gasteiger partial charge is 0.382 e. The summed E-state index contributed by atoms with van der Waals surface area (Å²) in [7, 11) is 0. The normalized spacial score (nSPS) is 11.2. The minimum Gasteiger partial charge on any atom is -0.382 e. The molecule has 0 fully saturated rings. The third-order valence-corrected chi connectivity index (χ3v) is 4.38. The minimum atomic E-state index is -0.349. The van der Waals surface area contributed by atoms with E-state index >= 15 is 0 Å². The Morgan fingerprint density at radius 3 is 2.08 bits per heavy atom. The van der Waals surface area contributed by atoms with Gasteiger partial charge in [0, 0.05) is 11.6 Å². The summed E-state index contributed by atoms with van der Waals surface area (Å²) >= 11 is 1.33. The van der Waals surface area contributed by atoms with Crippen molar-refractivity contribution in [3.05, 3.63) is 82.6 Å². The number of rotatable bonds is 4. The third kappa shape index (κ3) is 2.82. The standard InChI is InChI=1S/C18H14N6OS/c19-16-15(21-22-18-20-11-12-26-18)17(25)24(14-9-5-2-6-10-14)23(16)13-7-3-1-4-8-13/h1-12H,19H2. The second-order valence-corrected chi connectivity index (χ2v) is 6.22. The molecule has 2 aromatic carbocycles. The van der Waals surface area contributed by atoms with E-state index in [0.29, 0.717) is 10.8 Å². The molecule has 8 heteroatoms. The van der Waals surface area contributed by atoms with Crippen molar-refractivity contribution in [2.75, 3.05) is 5.73 Å². The quantitative estimate of drug-likeness (QED) is 0.555. The van der Waals surface area contributed by atoms with Crippen LogP contribution in [0.3, 0.4) is 0 Å². The highest BCUT2D eigenvalue weighted by atomic mass is 32.1. The van der Waals surface area contributed by atoms with Crippen molar-refractivity contribution in [2.24, 2.45) is 10.2 Å². The SMILES string of the molecule is Nc1c(N=Nc2nccs2)c(=O)n(-c2ccccc2)n1-c1ccccc1. The lowest BCUT2D eigenvalue weighted by atomic mass is 10.3. The van der Waals surface area contributed by atoms with Crippen LogP contribution in [0.4, 0.5) is 16.6 Å². The number of anilines is 1. The molecule has 26 heavy (non-hydrogen) atoms. The molecule has 0 amide bonds. The van der Waals surface area contributed by atoms with Gasteiger partial charge in [-0.15, -0.1) is 21.6 Å². The van der Waals surface area contributed by atoms with Gasteiger partial charge in [-0.2, -0.15) is 0 Å². The molecular formula is C18H14N6OS. The number of hydrogen-bond donors (Lipinski definition) is 1. The Kier molecular flexibility index (Phi) is 4.16. The van der Waals surface area contributed by atoms with Gasteiger partial charge in [-0.25, -0.2) is 14.3 Å². The van der Waals surface area contributed by atoms with Gasteiger partial charge in [0.1, 0.15) is 0 Å². The van der Waals surface area contributed by atoms with Gasteiger partial charge in [0.05, 0.1) is 11.4 Å². The number of benzene rings is 2. The van der Waals surface area contributed by atoms with Gasteiger partial charge in [-0.3, -0.25) is 4.79 Å². The maximum atomic E-state index is 13.0. The lowest BCUT2D eigenvalue weighted by molar-refractivity contribution is 0.731. The number of hydrogen-bond acceptors (Lipinski definition) is 6. The maximum Gasteiger partial charge on any atom is 0.301 e. The molecule has 0 unspecified atom stereocenters. The zero-order valence-corrected chi connectivity index (χ0v) is 14.4. The van der Waals surface area contributed by atoms with Crippen LogP contribution < -0.4 is 11.3 Å². The number of nitrogen functional groups attached to an aromatic ring is 1. The monoisotopic (exact) mass is 362 g/mol. The number of para-hydroxylation sites is 2. The molecule has 0 radical (unpaired) electrons. The zero-order chi connectivity index (χ0) is 17.9. The summed E-state index contributed by atoms with van der Waals surface area (Å²) in [5.74, 6) is 0.213. The molecule has 2 N–H and O–H groups in total. The Labute approximate surface area is 152 Å². The Morgan fingerprint density at radius 1 is 0.885 bits per heavy atom. The summed E-state index contributed by atoms with van der Waals surface area (Å²) in [6.07, 6.45) is 1.62. The number of azo groups is 1. The summed E-state index contributed by atoms with van der Waals surface area (Å²) < 4.78 is 3.12. The van der Waals surface area contributed by atoms with Crippen molar-refractivity contribution in [1.29, 1.82) is 0 Å². The number of nitrogens with two attached hydrogens (primary N) is 1. The van der Waals surface area contributed by atoms with Gasteiger partial charge in [0.2, 0.25) is 5.13 Å². The maximum absolute atomic E-state index is 13.0. The average Bonchev–Trinajstić information content (AvgIpc) is 3.28. The van der Waals surface area contributed by atoms with E-state index in [9.17, 15) is 4.79 Å². The molecule has 0 aliphatic rings. The second kappa shape index (κ2) is 6.77. The number of nitrogens with zero attached hydrogens (tertiary/aromatic N) is 5. The molecule has 128 valence electrons. The van der Waals surface area contributed by atoms with E-state index in [1.807, 2.05) is 60.7 Å².